The van der Waals surface area contributed by atoms with Gasteiger partial charge in [-0.15, -0.1) is 0 Å². The van der Waals surface area contributed by atoms with Gasteiger partial charge in [0.2, 0.25) is 0 Å². The predicted octanol–water partition coefficient (Wildman–Crippen LogP) is 1.39. The minimum Gasteiger partial charge on any atom is -0.320 e. The Morgan fingerprint density at radius 1 is 1.48 bits per heavy atom. The highest BCUT2D eigenvalue weighted by Gasteiger charge is 2.26. The first-order chi connectivity index (χ1) is 10.0. The van der Waals surface area contributed by atoms with E-state index in [-0.39, 0.29) is 6.54 Å². The summed E-state index contributed by atoms with van der Waals surface area (Å²) in [6.45, 7) is 3.50. The zero-order chi connectivity index (χ0) is 15.3. The van der Waals surface area contributed by atoms with Gasteiger partial charge in [0.15, 0.2) is 0 Å². The third-order valence-electron chi connectivity index (χ3n) is 3.40. The summed E-state index contributed by atoms with van der Waals surface area (Å²) in [5.74, 6) is 6.05. The topological polar surface area (TPSA) is 75.4 Å². The van der Waals surface area contributed by atoms with Crippen molar-refractivity contribution in [2.75, 3.05) is 24.4 Å². The number of rotatable bonds is 3. The molecule has 1 aromatic carbocycles. The van der Waals surface area contributed by atoms with Crippen molar-refractivity contribution in [2.45, 2.75) is 19.8 Å². The lowest BCUT2D eigenvalue weighted by molar-refractivity contribution is 0.282. The van der Waals surface area contributed by atoms with E-state index in [1.54, 1.807) is 18.2 Å². The molecule has 1 unspecified atom stereocenters. The van der Waals surface area contributed by atoms with E-state index in [1.165, 1.54) is 4.31 Å². The molecule has 1 atom stereocenters. The van der Waals surface area contributed by atoms with Gasteiger partial charge in [-0.2, -0.15) is 12.7 Å². The predicted molar refractivity (Wildman–Crippen MR) is 84.9 cm³/mol. The SMILES string of the molecule is CC1CCCN(S(=O)(=O)Nc2cccc(C#CCN)c2)C1. The molecule has 6 heteroatoms. The Morgan fingerprint density at radius 3 is 3.00 bits per heavy atom. The normalized spacial score (nSPS) is 19.6. The van der Waals surface area contributed by atoms with E-state index in [0.29, 0.717) is 24.7 Å². The molecule has 2 rings (SSSR count). The maximum Gasteiger partial charge on any atom is 0.301 e. The van der Waals surface area contributed by atoms with Gasteiger partial charge in [0.1, 0.15) is 0 Å². The summed E-state index contributed by atoms with van der Waals surface area (Å²) in [6, 6.07) is 7.03. The van der Waals surface area contributed by atoms with Crippen molar-refractivity contribution < 1.29 is 8.42 Å². The Labute approximate surface area is 126 Å². The van der Waals surface area contributed by atoms with Crippen molar-refractivity contribution in [3.05, 3.63) is 29.8 Å². The van der Waals surface area contributed by atoms with E-state index in [0.717, 1.165) is 18.4 Å². The number of nitrogens with zero attached hydrogens (tertiary/aromatic N) is 1. The molecule has 1 heterocycles. The summed E-state index contributed by atoms with van der Waals surface area (Å²) in [6.07, 6.45) is 1.99. The van der Waals surface area contributed by atoms with Crippen LogP contribution in [0.3, 0.4) is 0 Å². The number of piperidine rings is 1. The Hall–Kier alpha value is -1.55. The highest BCUT2D eigenvalue weighted by Crippen LogP contribution is 2.20. The molecule has 1 fully saturated rings. The van der Waals surface area contributed by atoms with E-state index in [2.05, 4.69) is 23.5 Å². The lowest BCUT2D eigenvalue weighted by Gasteiger charge is -2.30. The first-order valence-corrected chi connectivity index (χ1v) is 8.52. The molecule has 1 aromatic rings. The lowest BCUT2D eigenvalue weighted by atomic mass is 10.0. The Balaban J connectivity index is 2.13. The number of hydrogen-bond acceptors (Lipinski definition) is 3. The van der Waals surface area contributed by atoms with Gasteiger partial charge in [0.05, 0.1) is 12.2 Å². The molecule has 1 aliphatic rings. The summed E-state index contributed by atoms with van der Waals surface area (Å²) >= 11 is 0. The number of benzene rings is 1. The quantitative estimate of drug-likeness (QED) is 0.829. The van der Waals surface area contributed by atoms with Crippen LogP contribution in [0.4, 0.5) is 5.69 Å². The zero-order valence-electron chi connectivity index (χ0n) is 12.2. The van der Waals surface area contributed by atoms with E-state index >= 15 is 0 Å². The highest BCUT2D eigenvalue weighted by atomic mass is 32.2. The van der Waals surface area contributed by atoms with Gasteiger partial charge in [0, 0.05) is 18.7 Å². The second kappa shape index (κ2) is 6.94. The minimum absolute atomic E-state index is 0.279. The van der Waals surface area contributed by atoms with Crippen LogP contribution in [0.5, 0.6) is 0 Å². The molecule has 0 spiro atoms. The van der Waals surface area contributed by atoms with Crippen LogP contribution in [-0.4, -0.2) is 32.4 Å². The average molecular weight is 307 g/mol. The molecule has 0 bridgehead atoms. The van der Waals surface area contributed by atoms with Crippen molar-refractivity contribution >= 4 is 15.9 Å². The second-order valence-corrected chi connectivity index (χ2v) is 6.97. The minimum atomic E-state index is -3.50. The smallest absolute Gasteiger partial charge is 0.301 e. The van der Waals surface area contributed by atoms with E-state index < -0.39 is 10.2 Å². The van der Waals surface area contributed by atoms with Crippen LogP contribution in [0, 0.1) is 17.8 Å². The third-order valence-corrected chi connectivity index (χ3v) is 4.91. The Kier molecular flexibility index (Phi) is 5.23. The summed E-state index contributed by atoms with van der Waals surface area (Å²) in [5.41, 5.74) is 6.60. The van der Waals surface area contributed by atoms with Gasteiger partial charge in [-0.1, -0.05) is 24.8 Å². The summed E-state index contributed by atoms with van der Waals surface area (Å²) in [7, 11) is -3.50. The second-order valence-electron chi connectivity index (χ2n) is 5.30. The fourth-order valence-corrected chi connectivity index (χ4v) is 3.77. The van der Waals surface area contributed by atoms with E-state index in [1.807, 2.05) is 6.07 Å². The standard InChI is InChI=1S/C15H21N3O2S/c1-13-5-4-10-18(12-13)21(19,20)17-15-8-2-6-14(11-15)7-3-9-16/h2,6,8,11,13,17H,4-5,9-10,12,16H2,1H3. The van der Waals surface area contributed by atoms with Gasteiger partial charge in [0.25, 0.3) is 0 Å². The van der Waals surface area contributed by atoms with Crippen LogP contribution in [-0.2, 0) is 10.2 Å². The molecule has 0 aliphatic carbocycles. The van der Waals surface area contributed by atoms with Crippen LogP contribution in [0.1, 0.15) is 25.3 Å². The van der Waals surface area contributed by atoms with Crippen molar-refractivity contribution in [1.29, 1.82) is 0 Å². The number of nitrogens with one attached hydrogen (secondary N) is 1. The molecule has 1 saturated heterocycles. The van der Waals surface area contributed by atoms with Crippen molar-refractivity contribution in [3.63, 3.8) is 0 Å². The number of anilines is 1. The molecule has 21 heavy (non-hydrogen) atoms. The van der Waals surface area contributed by atoms with Crippen LogP contribution in [0.15, 0.2) is 24.3 Å². The molecule has 0 saturated carbocycles. The van der Waals surface area contributed by atoms with Gasteiger partial charge in [-0.05, 0) is 37.0 Å². The molecule has 114 valence electrons. The van der Waals surface area contributed by atoms with Gasteiger partial charge < -0.3 is 5.73 Å². The van der Waals surface area contributed by atoms with Crippen LogP contribution >= 0.6 is 0 Å². The first kappa shape index (κ1) is 15.8. The third kappa shape index (κ3) is 4.46. The lowest BCUT2D eigenvalue weighted by Crippen LogP contribution is -2.42. The average Bonchev–Trinajstić information content (AvgIpc) is 2.45. The molecular weight excluding hydrogens is 286 g/mol. The monoisotopic (exact) mass is 307 g/mol. The number of nitrogens with two attached hydrogens (primary N) is 1. The summed E-state index contributed by atoms with van der Waals surface area (Å²) in [5, 5.41) is 0. The van der Waals surface area contributed by atoms with Crippen molar-refractivity contribution in [2.24, 2.45) is 11.7 Å². The Bertz CT molecular complexity index is 646. The molecule has 0 radical (unpaired) electrons. The zero-order valence-corrected chi connectivity index (χ0v) is 13.0. The van der Waals surface area contributed by atoms with Gasteiger partial charge in [-0.3, -0.25) is 4.72 Å². The molecule has 1 aliphatic heterocycles. The molecular formula is C15H21N3O2S. The fourth-order valence-electron chi connectivity index (χ4n) is 2.39. The molecule has 0 amide bonds. The maximum atomic E-state index is 12.4. The number of hydrogen-bond donors (Lipinski definition) is 2. The first-order valence-electron chi connectivity index (χ1n) is 7.08. The molecule has 0 aromatic heterocycles. The largest absolute Gasteiger partial charge is 0.320 e. The molecule has 5 nitrogen and oxygen atoms in total. The highest BCUT2D eigenvalue weighted by molar-refractivity contribution is 7.90. The van der Waals surface area contributed by atoms with Crippen LogP contribution in [0.2, 0.25) is 0 Å². The Morgan fingerprint density at radius 2 is 2.29 bits per heavy atom. The van der Waals surface area contributed by atoms with Gasteiger partial charge in [-0.25, -0.2) is 0 Å². The molecule has 3 N–H and O–H groups in total. The van der Waals surface area contributed by atoms with Crippen LogP contribution in [0.25, 0.3) is 0 Å². The van der Waals surface area contributed by atoms with Crippen LogP contribution < -0.4 is 10.5 Å². The van der Waals surface area contributed by atoms with E-state index in [4.69, 9.17) is 5.73 Å². The van der Waals surface area contributed by atoms with E-state index in [9.17, 15) is 8.42 Å². The van der Waals surface area contributed by atoms with Crippen molar-refractivity contribution in [1.82, 2.24) is 4.31 Å². The maximum absolute atomic E-state index is 12.4. The summed E-state index contributed by atoms with van der Waals surface area (Å²) in [4.78, 5) is 0. The van der Waals surface area contributed by atoms with Gasteiger partial charge >= 0.3 is 10.2 Å². The fraction of sp³-hybridized carbons (Fsp3) is 0.467. The van der Waals surface area contributed by atoms with Crippen molar-refractivity contribution in [3.8, 4) is 11.8 Å². The summed E-state index contributed by atoms with van der Waals surface area (Å²) < 4.78 is 28.9.